The van der Waals surface area contributed by atoms with E-state index in [1.165, 1.54) is 35.6 Å². The number of aryl methyl sites for hydroxylation is 1. The summed E-state index contributed by atoms with van der Waals surface area (Å²) < 4.78 is 18.0. The fourth-order valence-electron chi connectivity index (χ4n) is 1.39. The smallest absolute Gasteiger partial charge is 0.229 e. The van der Waals surface area contributed by atoms with Crippen molar-refractivity contribution in [3.05, 3.63) is 41.2 Å². The summed E-state index contributed by atoms with van der Waals surface area (Å²) in [7, 11) is 0. The maximum absolute atomic E-state index is 12.7. The van der Waals surface area contributed by atoms with Gasteiger partial charge < -0.3 is 10.1 Å². The number of halogens is 1. The van der Waals surface area contributed by atoms with E-state index in [-0.39, 0.29) is 24.8 Å². The minimum Gasteiger partial charge on any atom is -0.493 e. The summed E-state index contributed by atoms with van der Waals surface area (Å²) >= 11 is 1.42. The topological polar surface area (TPSA) is 51.2 Å². The number of hydrogen-bond donors (Lipinski definition) is 1. The van der Waals surface area contributed by atoms with Crippen molar-refractivity contribution in [3.8, 4) is 5.75 Å². The zero-order chi connectivity index (χ0) is 13.7. The molecule has 1 heterocycles. The van der Waals surface area contributed by atoms with Crippen LogP contribution >= 0.6 is 11.3 Å². The van der Waals surface area contributed by atoms with Crippen LogP contribution in [0.3, 0.4) is 0 Å². The lowest BCUT2D eigenvalue weighted by molar-refractivity contribution is -0.116. The molecule has 0 radical (unpaired) electrons. The molecular formula is C13H13FN2O2S. The highest BCUT2D eigenvalue weighted by atomic mass is 32.1. The van der Waals surface area contributed by atoms with Crippen LogP contribution in [0.5, 0.6) is 5.75 Å². The SMILES string of the molecule is Cc1cnc(NC(=O)CCOc2ccc(F)cc2)s1. The molecule has 1 amide bonds. The van der Waals surface area contributed by atoms with Crippen LogP contribution in [-0.4, -0.2) is 17.5 Å². The first-order chi connectivity index (χ1) is 9.13. The molecule has 0 bridgehead atoms. The lowest BCUT2D eigenvalue weighted by atomic mass is 10.3. The maximum atomic E-state index is 12.7. The molecule has 0 aliphatic carbocycles. The van der Waals surface area contributed by atoms with Crippen molar-refractivity contribution in [2.75, 3.05) is 11.9 Å². The van der Waals surface area contributed by atoms with Gasteiger partial charge in [-0.3, -0.25) is 4.79 Å². The molecule has 4 nitrogen and oxygen atoms in total. The fourth-order valence-corrected chi connectivity index (χ4v) is 2.07. The zero-order valence-corrected chi connectivity index (χ0v) is 11.2. The largest absolute Gasteiger partial charge is 0.493 e. The highest BCUT2D eigenvalue weighted by Gasteiger charge is 2.05. The quantitative estimate of drug-likeness (QED) is 0.916. The Morgan fingerprint density at radius 2 is 2.16 bits per heavy atom. The van der Waals surface area contributed by atoms with Crippen molar-refractivity contribution in [3.63, 3.8) is 0 Å². The summed E-state index contributed by atoms with van der Waals surface area (Å²) in [6, 6.07) is 5.68. The predicted molar refractivity (Wildman–Crippen MR) is 72.0 cm³/mol. The van der Waals surface area contributed by atoms with Gasteiger partial charge in [-0.05, 0) is 31.2 Å². The van der Waals surface area contributed by atoms with Gasteiger partial charge in [-0.25, -0.2) is 9.37 Å². The molecule has 1 aromatic heterocycles. The molecule has 2 aromatic rings. The van der Waals surface area contributed by atoms with Crippen molar-refractivity contribution in [1.82, 2.24) is 4.98 Å². The molecule has 1 N–H and O–H groups in total. The van der Waals surface area contributed by atoms with Gasteiger partial charge in [0.25, 0.3) is 0 Å². The van der Waals surface area contributed by atoms with Crippen molar-refractivity contribution in [1.29, 1.82) is 0 Å². The normalized spacial score (nSPS) is 10.2. The first-order valence-electron chi connectivity index (χ1n) is 5.74. The van der Waals surface area contributed by atoms with Crippen LogP contribution in [0.1, 0.15) is 11.3 Å². The van der Waals surface area contributed by atoms with E-state index >= 15 is 0 Å². The van der Waals surface area contributed by atoms with Gasteiger partial charge in [-0.2, -0.15) is 0 Å². The molecular weight excluding hydrogens is 267 g/mol. The Labute approximate surface area is 114 Å². The molecule has 0 unspecified atom stereocenters. The first kappa shape index (κ1) is 13.5. The summed E-state index contributed by atoms with van der Waals surface area (Å²) in [4.78, 5) is 16.7. The highest BCUT2D eigenvalue weighted by molar-refractivity contribution is 7.15. The Morgan fingerprint density at radius 3 is 2.79 bits per heavy atom. The molecule has 100 valence electrons. The second-order valence-electron chi connectivity index (χ2n) is 3.88. The van der Waals surface area contributed by atoms with Gasteiger partial charge in [0.2, 0.25) is 5.91 Å². The second-order valence-corrected chi connectivity index (χ2v) is 5.11. The molecule has 0 spiro atoms. The minimum atomic E-state index is -0.316. The van der Waals surface area contributed by atoms with Gasteiger partial charge in [0.05, 0.1) is 13.0 Å². The molecule has 1 aromatic carbocycles. The van der Waals surface area contributed by atoms with Gasteiger partial charge >= 0.3 is 0 Å². The molecule has 0 atom stereocenters. The van der Waals surface area contributed by atoms with Crippen LogP contribution in [-0.2, 0) is 4.79 Å². The lowest BCUT2D eigenvalue weighted by Gasteiger charge is -2.05. The summed E-state index contributed by atoms with van der Waals surface area (Å²) in [6.45, 7) is 2.16. The van der Waals surface area contributed by atoms with Crippen LogP contribution < -0.4 is 10.1 Å². The van der Waals surface area contributed by atoms with Crippen molar-refractivity contribution >= 4 is 22.4 Å². The number of carbonyl (C=O) groups is 1. The van der Waals surface area contributed by atoms with Crippen molar-refractivity contribution in [2.45, 2.75) is 13.3 Å². The number of carbonyl (C=O) groups excluding carboxylic acids is 1. The Hall–Kier alpha value is -1.95. The highest BCUT2D eigenvalue weighted by Crippen LogP contribution is 2.16. The van der Waals surface area contributed by atoms with E-state index in [4.69, 9.17) is 4.74 Å². The van der Waals surface area contributed by atoms with E-state index < -0.39 is 0 Å². The minimum absolute atomic E-state index is 0.156. The predicted octanol–water partition coefficient (Wildman–Crippen LogP) is 3.00. The van der Waals surface area contributed by atoms with Crippen LogP contribution in [0.2, 0.25) is 0 Å². The first-order valence-corrected chi connectivity index (χ1v) is 6.56. The van der Waals surface area contributed by atoms with Gasteiger partial charge in [-0.1, -0.05) is 0 Å². The van der Waals surface area contributed by atoms with E-state index in [2.05, 4.69) is 10.3 Å². The van der Waals surface area contributed by atoms with Gasteiger partial charge in [0, 0.05) is 11.1 Å². The third kappa shape index (κ3) is 4.33. The van der Waals surface area contributed by atoms with E-state index in [9.17, 15) is 9.18 Å². The zero-order valence-electron chi connectivity index (χ0n) is 10.4. The summed E-state index contributed by atoms with van der Waals surface area (Å²) in [5, 5.41) is 3.27. The monoisotopic (exact) mass is 280 g/mol. The third-order valence-electron chi connectivity index (χ3n) is 2.28. The van der Waals surface area contributed by atoms with Gasteiger partial charge in [-0.15, -0.1) is 11.3 Å². The number of nitrogens with zero attached hydrogens (tertiary/aromatic N) is 1. The number of benzene rings is 1. The molecule has 2 rings (SSSR count). The molecule has 0 fully saturated rings. The number of anilines is 1. The number of ether oxygens (including phenoxy) is 1. The van der Waals surface area contributed by atoms with Gasteiger partial charge in [0.1, 0.15) is 11.6 Å². The number of aromatic nitrogens is 1. The average molecular weight is 280 g/mol. The van der Waals surface area contributed by atoms with E-state index in [0.717, 1.165) is 4.88 Å². The third-order valence-corrected chi connectivity index (χ3v) is 3.11. The molecule has 0 saturated carbocycles. The van der Waals surface area contributed by atoms with Crippen LogP contribution in [0.4, 0.5) is 9.52 Å². The maximum Gasteiger partial charge on any atom is 0.229 e. The second kappa shape index (κ2) is 6.29. The lowest BCUT2D eigenvalue weighted by Crippen LogP contribution is -2.14. The van der Waals surface area contributed by atoms with E-state index in [1.807, 2.05) is 6.92 Å². The number of thiazole rings is 1. The Morgan fingerprint density at radius 1 is 1.42 bits per heavy atom. The summed E-state index contributed by atoms with van der Waals surface area (Å²) in [5.41, 5.74) is 0. The summed E-state index contributed by atoms with van der Waals surface area (Å²) in [5.74, 6) is 0.0694. The van der Waals surface area contributed by atoms with E-state index in [0.29, 0.717) is 10.9 Å². The Kier molecular flexibility index (Phi) is 4.46. The molecule has 0 aliphatic heterocycles. The number of rotatable bonds is 5. The molecule has 19 heavy (non-hydrogen) atoms. The number of nitrogens with one attached hydrogen (secondary N) is 1. The Balaban J connectivity index is 1.73. The van der Waals surface area contributed by atoms with Crippen molar-refractivity contribution in [2.24, 2.45) is 0 Å². The molecule has 0 saturated heterocycles. The fraction of sp³-hybridized carbons (Fsp3) is 0.231. The molecule has 6 heteroatoms. The number of amides is 1. The Bertz CT molecular complexity index is 554. The standard InChI is InChI=1S/C13H13FN2O2S/c1-9-8-15-13(19-9)16-12(17)6-7-18-11-4-2-10(14)3-5-11/h2-5,8H,6-7H2,1H3,(H,15,16,17). The van der Waals surface area contributed by atoms with Crippen LogP contribution in [0.25, 0.3) is 0 Å². The van der Waals surface area contributed by atoms with E-state index in [1.54, 1.807) is 6.20 Å². The average Bonchev–Trinajstić information content (AvgIpc) is 2.77. The molecule has 0 aliphatic rings. The van der Waals surface area contributed by atoms with Crippen molar-refractivity contribution < 1.29 is 13.9 Å². The summed E-state index contributed by atoms with van der Waals surface area (Å²) in [6.07, 6.45) is 1.92. The van der Waals surface area contributed by atoms with Gasteiger partial charge in [0.15, 0.2) is 5.13 Å². The van der Waals surface area contributed by atoms with Crippen LogP contribution in [0, 0.1) is 12.7 Å². The number of hydrogen-bond acceptors (Lipinski definition) is 4. The van der Waals surface area contributed by atoms with Crippen LogP contribution in [0.15, 0.2) is 30.5 Å².